The number of hydrogen-bond acceptors (Lipinski definition) is 3. The van der Waals surface area contributed by atoms with E-state index in [4.69, 9.17) is 0 Å². The van der Waals surface area contributed by atoms with Gasteiger partial charge in [-0.05, 0) is 42.0 Å². The van der Waals surface area contributed by atoms with Gasteiger partial charge in [-0.15, -0.1) is 0 Å². The van der Waals surface area contributed by atoms with Crippen LogP contribution in [-0.2, 0) is 16.9 Å². The molecule has 0 bridgehead atoms. The Morgan fingerprint density at radius 3 is 2.78 bits per heavy atom. The molecule has 1 unspecified atom stereocenters. The molecule has 1 atom stereocenters. The number of Topliss-reactive ketones (excluding diaryl/α,β-unsaturated/α-hetero) is 1. The Bertz CT molecular complexity index is 499. The van der Waals surface area contributed by atoms with Crippen molar-refractivity contribution in [3.05, 3.63) is 35.1 Å². The van der Waals surface area contributed by atoms with Crippen molar-refractivity contribution < 1.29 is 14.3 Å². The van der Waals surface area contributed by atoms with Gasteiger partial charge in [0.25, 0.3) is 0 Å². The van der Waals surface area contributed by atoms with E-state index >= 15 is 0 Å². The molecule has 0 spiro atoms. The van der Waals surface area contributed by atoms with Crippen molar-refractivity contribution >= 4 is 5.78 Å². The lowest BCUT2D eigenvalue weighted by molar-refractivity contribution is -0.148. The van der Waals surface area contributed by atoms with Crippen LogP contribution in [0.4, 0.5) is 4.39 Å². The number of rotatable bonds is 1. The molecule has 1 aromatic carbocycles. The predicted octanol–water partition coefficient (Wildman–Crippen LogP) is 1.49. The molecule has 0 amide bonds. The number of nitrogens with one attached hydrogen (secondary N) is 1. The summed E-state index contributed by atoms with van der Waals surface area (Å²) < 4.78 is 13.3. The van der Waals surface area contributed by atoms with Gasteiger partial charge in [0.05, 0.1) is 6.54 Å². The van der Waals surface area contributed by atoms with E-state index in [1.54, 1.807) is 6.07 Å². The smallest absolute Gasteiger partial charge is 0.182 e. The number of ketones is 1. The van der Waals surface area contributed by atoms with E-state index in [0.29, 0.717) is 17.7 Å². The first-order valence-electron chi connectivity index (χ1n) is 6.37. The summed E-state index contributed by atoms with van der Waals surface area (Å²) in [7, 11) is 0. The fraction of sp³-hybridized carbons (Fsp3) is 0.500. The van der Waals surface area contributed by atoms with Crippen molar-refractivity contribution in [1.29, 1.82) is 0 Å². The first kappa shape index (κ1) is 11.8. The van der Waals surface area contributed by atoms with Gasteiger partial charge in [-0.2, -0.15) is 0 Å². The lowest BCUT2D eigenvalue weighted by Gasteiger charge is -2.40. The maximum absolute atomic E-state index is 13.3. The van der Waals surface area contributed by atoms with E-state index in [9.17, 15) is 14.3 Å². The van der Waals surface area contributed by atoms with E-state index < -0.39 is 5.60 Å². The molecule has 1 aliphatic heterocycles. The predicted molar refractivity (Wildman–Crippen MR) is 64.4 cm³/mol. The molecule has 1 aromatic rings. The van der Waals surface area contributed by atoms with Gasteiger partial charge in [-0.1, -0.05) is 12.5 Å². The third-order valence-corrected chi connectivity index (χ3v) is 4.20. The molecule has 0 saturated heterocycles. The maximum atomic E-state index is 13.3. The molecule has 2 N–H and O–H groups in total. The second kappa shape index (κ2) is 4.14. The van der Waals surface area contributed by atoms with Gasteiger partial charge in [0.2, 0.25) is 0 Å². The van der Waals surface area contributed by atoms with Crippen LogP contribution in [0.15, 0.2) is 18.2 Å². The van der Waals surface area contributed by atoms with E-state index in [1.807, 2.05) is 0 Å². The fourth-order valence-corrected chi connectivity index (χ4v) is 2.95. The Balaban J connectivity index is 2.13. The highest BCUT2D eigenvalue weighted by Gasteiger charge is 2.49. The first-order chi connectivity index (χ1) is 8.62. The summed E-state index contributed by atoms with van der Waals surface area (Å²) in [5.41, 5.74) is -0.149. The van der Waals surface area contributed by atoms with Crippen LogP contribution >= 0.6 is 0 Å². The molecule has 18 heavy (non-hydrogen) atoms. The van der Waals surface area contributed by atoms with Crippen LogP contribution < -0.4 is 5.32 Å². The summed E-state index contributed by atoms with van der Waals surface area (Å²) in [6.07, 6.45) is 2.77. The van der Waals surface area contributed by atoms with Crippen molar-refractivity contribution in [2.45, 2.75) is 31.4 Å². The van der Waals surface area contributed by atoms with Gasteiger partial charge < -0.3 is 10.4 Å². The number of fused-ring (bicyclic) bond motifs is 1. The molecule has 1 aliphatic carbocycles. The standard InChI is InChI=1S/C14H16FNO2/c15-11-4-5-12-9(6-11)7-16-8-13(17)14(12,18)10-2-1-3-10/h4-6,10,16,18H,1-3,7-8H2. The Hall–Kier alpha value is -1.26. The SMILES string of the molecule is O=C1CNCc2cc(F)ccc2C1(O)C1CCC1. The zero-order valence-corrected chi connectivity index (χ0v) is 10.1. The molecule has 1 heterocycles. The molecule has 0 aromatic heterocycles. The van der Waals surface area contributed by atoms with Gasteiger partial charge in [-0.3, -0.25) is 4.79 Å². The number of halogens is 1. The fourth-order valence-electron chi connectivity index (χ4n) is 2.95. The minimum Gasteiger partial charge on any atom is -0.377 e. The van der Waals surface area contributed by atoms with E-state index in [1.165, 1.54) is 12.1 Å². The van der Waals surface area contributed by atoms with Crippen molar-refractivity contribution in [3.63, 3.8) is 0 Å². The summed E-state index contributed by atoms with van der Waals surface area (Å²) in [5.74, 6) is -0.549. The number of benzene rings is 1. The third kappa shape index (κ3) is 1.60. The number of carbonyl (C=O) groups excluding carboxylic acids is 1. The summed E-state index contributed by atoms with van der Waals surface area (Å²) in [6, 6.07) is 4.29. The molecule has 3 rings (SSSR count). The molecular weight excluding hydrogens is 233 g/mol. The summed E-state index contributed by atoms with van der Waals surface area (Å²) in [5, 5.41) is 13.8. The molecule has 4 heteroatoms. The maximum Gasteiger partial charge on any atom is 0.182 e. The molecule has 1 fully saturated rings. The Kier molecular flexibility index (Phi) is 2.72. The Morgan fingerprint density at radius 2 is 2.11 bits per heavy atom. The molecule has 3 nitrogen and oxygen atoms in total. The van der Waals surface area contributed by atoms with E-state index in [-0.39, 0.29) is 24.1 Å². The largest absolute Gasteiger partial charge is 0.377 e. The molecule has 96 valence electrons. The Labute approximate surface area is 105 Å². The number of hydrogen-bond donors (Lipinski definition) is 2. The van der Waals surface area contributed by atoms with Gasteiger partial charge in [0.15, 0.2) is 11.4 Å². The second-order valence-electron chi connectivity index (χ2n) is 5.22. The van der Waals surface area contributed by atoms with Crippen LogP contribution in [0.1, 0.15) is 30.4 Å². The van der Waals surface area contributed by atoms with Crippen molar-refractivity contribution in [2.75, 3.05) is 6.54 Å². The van der Waals surface area contributed by atoms with Crippen molar-refractivity contribution in [3.8, 4) is 0 Å². The lowest BCUT2D eigenvalue weighted by atomic mass is 9.67. The minimum absolute atomic E-state index is 0.0193. The summed E-state index contributed by atoms with van der Waals surface area (Å²) in [6.45, 7) is 0.567. The summed E-state index contributed by atoms with van der Waals surface area (Å²) in [4.78, 5) is 12.2. The monoisotopic (exact) mass is 249 g/mol. The van der Waals surface area contributed by atoms with Crippen LogP contribution in [0.2, 0.25) is 0 Å². The zero-order chi connectivity index (χ0) is 12.8. The van der Waals surface area contributed by atoms with E-state index in [0.717, 1.165) is 19.3 Å². The van der Waals surface area contributed by atoms with Gasteiger partial charge in [0, 0.05) is 6.54 Å². The molecular formula is C14H16FNO2. The number of carbonyl (C=O) groups is 1. The van der Waals surface area contributed by atoms with Crippen molar-refractivity contribution in [1.82, 2.24) is 5.32 Å². The normalized spacial score (nSPS) is 28.4. The number of aliphatic hydroxyl groups is 1. The van der Waals surface area contributed by atoms with E-state index in [2.05, 4.69) is 5.32 Å². The van der Waals surface area contributed by atoms with Crippen LogP contribution in [0.5, 0.6) is 0 Å². The second-order valence-corrected chi connectivity index (χ2v) is 5.22. The van der Waals surface area contributed by atoms with Crippen LogP contribution in [0.25, 0.3) is 0 Å². The highest BCUT2D eigenvalue weighted by atomic mass is 19.1. The third-order valence-electron chi connectivity index (χ3n) is 4.20. The highest BCUT2D eigenvalue weighted by Crippen LogP contribution is 2.44. The highest BCUT2D eigenvalue weighted by molar-refractivity contribution is 5.91. The first-order valence-corrected chi connectivity index (χ1v) is 6.37. The molecule has 1 saturated carbocycles. The lowest BCUT2D eigenvalue weighted by Crippen LogP contribution is -2.48. The quantitative estimate of drug-likeness (QED) is 0.792. The molecule has 0 radical (unpaired) electrons. The summed E-state index contributed by atoms with van der Waals surface area (Å²) >= 11 is 0. The topological polar surface area (TPSA) is 49.3 Å². The average Bonchev–Trinajstić information content (AvgIpc) is 2.36. The van der Waals surface area contributed by atoms with Crippen LogP contribution in [0.3, 0.4) is 0 Å². The van der Waals surface area contributed by atoms with Gasteiger partial charge in [-0.25, -0.2) is 4.39 Å². The van der Waals surface area contributed by atoms with Crippen molar-refractivity contribution in [2.24, 2.45) is 5.92 Å². The van der Waals surface area contributed by atoms with Gasteiger partial charge >= 0.3 is 0 Å². The zero-order valence-electron chi connectivity index (χ0n) is 10.1. The van der Waals surface area contributed by atoms with Gasteiger partial charge in [0.1, 0.15) is 5.82 Å². The molecule has 2 aliphatic rings. The van der Waals surface area contributed by atoms with Crippen LogP contribution in [-0.4, -0.2) is 17.4 Å². The Morgan fingerprint density at radius 1 is 1.33 bits per heavy atom. The van der Waals surface area contributed by atoms with Crippen LogP contribution in [0, 0.1) is 11.7 Å². The average molecular weight is 249 g/mol. The minimum atomic E-state index is -1.43.